The molecule has 3 rings (SSSR count). The van der Waals surface area contributed by atoms with E-state index in [2.05, 4.69) is 16.0 Å². The topological polar surface area (TPSA) is 104 Å². The van der Waals surface area contributed by atoms with Crippen molar-refractivity contribution in [3.8, 4) is 11.1 Å². The molecule has 0 aliphatic carbocycles. The Morgan fingerprint density at radius 1 is 0.767 bits per heavy atom. The molecule has 0 aliphatic heterocycles. The smallest absolute Gasteiger partial charge is 0.319 e. The molecule has 7 nitrogen and oxygen atoms in total. The lowest BCUT2D eigenvalue weighted by Gasteiger charge is -2.10. The number of amides is 3. The monoisotopic (exact) mass is 423 g/mol. The van der Waals surface area contributed by atoms with Crippen molar-refractivity contribution in [3.05, 3.63) is 78.9 Å². The highest BCUT2D eigenvalue weighted by Crippen LogP contribution is 2.28. The molecule has 0 saturated carbocycles. The summed E-state index contributed by atoms with van der Waals surface area (Å²) in [6.45, 7) is -0.197. The van der Waals surface area contributed by atoms with E-state index in [-0.39, 0.29) is 17.3 Å². The minimum Gasteiger partial charge on any atom is -0.329 e. The van der Waals surface area contributed by atoms with Gasteiger partial charge in [0, 0.05) is 23.2 Å². The van der Waals surface area contributed by atoms with Crippen LogP contribution >= 0.6 is 0 Å². The number of para-hydroxylation sites is 1. The van der Waals surface area contributed by atoms with Crippen molar-refractivity contribution in [1.29, 1.82) is 0 Å². The quantitative estimate of drug-likeness (QED) is 0.564. The Morgan fingerprint density at radius 2 is 1.37 bits per heavy atom. The van der Waals surface area contributed by atoms with Crippen molar-refractivity contribution in [2.45, 2.75) is 4.90 Å². The molecule has 3 amide bonds. The normalized spacial score (nSPS) is 10.8. The van der Waals surface area contributed by atoms with Gasteiger partial charge in [-0.15, -0.1) is 0 Å². The summed E-state index contributed by atoms with van der Waals surface area (Å²) >= 11 is 0. The molecule has 0 atom stereocenters. The molecule has 8 heteroatoms. The molecular weight excluding hydrogens is 402 g/mol. The zero-order chi connectivity index (χ0) is 21.6. The molecular formula is C22H21N3O4S. The Kier molecular flexibility index (Phi) is 6.48. The number of nitrogens with one attached hydrogen (secondary N) is 3. The molecule has 154 valence electrons. The highest BCUT2D eigenvalue weighted by molar-refractivity contribution is 7.90. The lowest BCUT2D eigenvalue weighted by molar-refractivity contribution is -0.115. The van der Waals surface area contributed by atoms with E-state index in [1.807, 2.05) is 6.07 Å². The molecule has 0 fully saturated rings. The van der Waals surface area contributed by atoms with E-state index in [0.717, 1.165) is 5.56 Å². The summed E-state index contributed by atoms with van der Waals surface area (Å²) in [6, 6.07) is 22.0. The predicted octanol–water partition coefficient (Wildman–Crippen LogP) is 3.52. The lowest BCUT2D eigenvalue weighted by Crippen LogP contribution is -2.35. The molecule has 3 aromatic carbocycles. The Balaban J connectivity index is 1.58. The van der Waals surface area contributed by atoms with Crippen LogP contribution in [0.3, 0.4) is 0 Å². The fraction of sp³-hybridized carbons (Fsp3) is 0.0909. The fourth-order valence-corrected chi connectivity index (χ4v) is 3.74. The molecule has 0 radical (unpaired) electrons. The van der Waals surface area contributed by atoms with Crippen LogP contribution < -0.4 is 16.0 Å². The van der Waals surface area contributed by atoms with Crippen LogP contribution in [0.15, 0.2) is 83.8 Å². The largest absolute Gasteiger partial charge is 0.329 e. The molecule has 0 aliphatic rings. The summed E-state index contributed by atoms with van der Waals surface area (Å²) in [5, 5.41) is 7.79. The van der Waals surface area contributed by atoms with Gasteiger partial charge in [-0.3, -0.25) is 4.79 Å². The highest BCUT2D eigenvalue weighted by Gasteiger charge is 2.14. The van der Waals surface area contributed by atoms with Gasteiger partial charge in [0.05, 0.1) is 11.4 Å². The Morgan fingerprint density at radius 3 is 2.03 bits per heavy atom. The summed E-state index contributed by atoms with van der Waals surface area (Å²) < 4.78 is 24.0. The first-order valence-electron chi connectivity index (χ1n) is 9.12. The average molecular weight is 423 g/mol. The van der Waals surface area contributed by atoms with Gasteiger partial charge in [-0.1, -0.05) is 48.5 Å². The molecule has 3 N–H and O–H groups in total. The third kappa shape index (κ3) is 5.68. The van der Waals surface area contributed by atoms with Gasteiger partial charge >= 0.3 is 6.03 Å². The van der Waals surface area contributed by atoms with E-state index in [1.165, 1.54) is 6.26 Å². The molecule has 0 saturated heterocycles. The zero-order valence-corrected chi connectivity index (χ0v) is 17.1. The standard InChI is InChI=1S/C22H21N3O4S/c1-30(28,29)20-10-6-5-9-19(20)16-11-13-18(14-12-16)24-21(26)15-23-22(27)25-17-7-3-2-4-8-17/h2-14H,15H2,1H3,(H,24,26)(H2,23,25,27). The van der Waals surface area contributed by atoms with E-state index in [1.54, 1.807) is 72.8 Å². The van der Waals surface area contributed by atoms with Crippen LogP contribution in [0.25, 0.3) is 11.1 Å². The molecule has 30 heavy (non-hydrogen) atoms. The van der Waals surface area contributed by atoms with E-state index in [9.17, 15) is 18.0 Å². The first kappa shape index (κ1) is 21.1. The maximum Gasteiger partial charge on any atom is 0.319 e. The summed E-state index contributed by atoms with van der Waals surface area (Å²) in [5.41, 5.74) is 2.47. The first-order chi connectivity index (χ1) is 14.3. The van der Waals surface area contributed by atoms with Crippen molar-refractivity contribution in [3.63, 3.8) is 0 Å². The van der Waals surface area contributed by atoms with Crippen molar-refractivity contribution < 1.29 is 18.0 Å². The molecule has 3 aromatic rings. The van der Waals surface area contributed by atoms with E-state index in [4.69, 9.17) is 0 Å². The van der Waals surface area contributed by atoms with Gasteiger partial charge in [-0.25, -0.2) is 13.2 Å². The molecule has 0 aromatic heterocycles. The predicted molar refractivity (Wildman–Crippen MR) is 117 cm³/mol. The van der Waals surface area contributed by atoms with Gasteiger partial charge in [-0.2, -0.15) is 0 Å². The van der Waals surface area contributed by atoms with Crippen LogP contribution in [0.5, 0.6) is 0 Å². The van der Waals surface area contributed by atoms with Crippen molar-refractivity contribution in [1.82, 2.24) is 5.32 Å². The van der Waals surface area contributed by atoms with Crippen LogP contribution in [-0.2, 0) is 14.6 Å². The fourth-order valence-electron chi connectivity index (χ4n) is 2.82. The average Bonchev–Trinajstić information content (AvgIpc) is 2.73. The minimum absolute atomic E-state index is 0.197. The number of anilines is 2. The Hall–Kier alpha value is -3.65. The SMILES string of the molecule is CS(=O)(=O)c1ccccc1-c1ccc(NC(=O)CNC(=O)Nc2ccccc2)cc1. The third-order valence-electron chi connectivity index (χ3n) is 4.21. The van der Waals surface area contributed by atoms with Crippen LogP contribution in [0.1, 0.15) is 0 Å². The second-order valence-electron chi connectivity index (χ2n) is 6.57. The summed E-state index contributed by atoms with van der Waals surface area (Å²) in [6.07, 6.45) is 1.17. The molecule has 0 bridgehead atoms. The maximum atomic E-state index is 12.1. The Labute approximate surface area is 175 Å². The second kappa shape index (κ2) is 9.23. The van der Waals surface area contributed by atoms with Crippen LogP contribution in [-0.4, -0.2) is 33.2 Å². The van der Waals surface area contributed by atoms with Gasteiger partial charge in [0.15, 0.2) is 9.84 Å². The number of carbonyl (C=O) groups is 2. The van der Waals surface area contributed by atoms with Crippen LogP contribution in [0.2, 0.25) is 0 Å². The van der Waals surface area contributed by atoms with E-state index in [0.29, 0.717) is 16.9 Å². The lowest BCUT2D eigenvalue weighted by atomic mass is 10.1. The summed E-state index contributed by atoms with van der Waals surface area (Å²) in [5.74, 6) is -0.387. The van der Waals surface area contributed by atoms with Gasteiger partial charge < -0.3 is 16.0 Å². The van der Waals surface area contributed by atoms with E-state index >= 15 is 0 Å². The van der Waals surface area contributed by atoms with Gasteiger partial charge in [0.1, 0.15) is 0 Å². The number of hydrogen-bond acceptors (Lipinski definition) is 4. The number of rotatable bonds is 6. The Bertz CT molecular complexity index is 1140. The van der Waals surface area contributed by atoms with Gasteiger partial charge in [-0.05, 0) is 35.9 Å². The molecule has 0 unspecified atom stereocenters. The zero-order valence-electron chi connectivity index (χ0n) is 16.3. The third-order valence-corrected chi connectivity index (χ3v) is 5.36. The summed E-state index contributed by atoms with van der Waals surface area (Å²) in [4.78, 5) is 24.2. The van der Waals surface area contributed by atoms with Crippen molar-refractivity contribution in [2.75, 3.05) is 23.4 Å². The van der Waals surface area contributed by atoms with Crippen molar-refractivity contribution in [2.24, 2.45) is 0 Å². The maximum absolute atomic E-state index is 12.1. The number of hydrogen-bond donors (Lipinski definition) is 3. The van der Waals surface area contributed by atoms with E-state index < -0.39 is 15.9 Å². The van der Waals surface area contributed by atoms with Crippen LogP contribution in [0.4, 0.5) is 16.2 Å². The molecule has 0 spiro atoms. The molecule has 0 heterocycles. The minimum atomic E-state index is -3.36. The van der Waals surface area contributed by atoms with Crippen LogP contribution in [0, 0.1) is 0 Å². The number of sulfone groups is 1. The van der Waals surface area contributed by atoms with Gasteiger partial charge in [0.2, 0.25) is 5.91 Å². The first-order valence-corrected chi connectivity index (χ1v) is 11.0. The van der Waals surface area contributed by atoms with Crippen molar-refractivity contribution >= 4 is 33.2 Å². The van der Waals surface area contributed by atoms with Gasteiger partial charge in [0.25, 0.3) is 0 Å². The number of benzene rings is 3. The number of carbonyl (C=O) groups excluding carboxylic acids is 2. The highest BCUT2D eigenvalue weighted by atomic mass is 32.2. The second-order valence-corrected chi connectivity index (χ2v) is 8.55. The number of urea groups is 1. The summed E-state index contributed by atoms with van der Waals surface area (Å²) in [7, 11) is -3.36.